The third-order valence-corrected chi connectivity index (χ3v) is 5.68. The fourth-order valence-electron chi connectivity index (χ4n) is 4.03. The molecule has 2 heterocycles. The van der Waals surface area contributed by atoms with E-state index in [0.717, 1.165) is 25.0 Å². The maximum absolute atomic E-state index is 5.74. The van der Waals surface area contributed by atoms with Crippen LogP contribution < -0.4 is 5.72 Å². The molecule has 1 unspecified atom stereocenters. The second-order valence-electron chi connectivity index (χ2n) is 7.53. The van der Waals surface area contributed by atoms with Gasteiger partial charge in [0.1, 0.15) is 0 Å². The first kappa shape index (κ1) is 19.9. The molecule has 0 N–H and O–H groups in total. The maximum Gasteiger partial charge on any atom is 0.202 e. The van der Waals surface area contributed by atoms with Crippen molar-refractivity contribution >= 4 is 13.0 Å². The molecule has 2 aromatic carbocycles. The van der Waals surface area contributed by atoms with Gasteiger partial charge in [0.05, 0.1) is 18.9 Å². The summed E-state index contributed by atoms with van der Waals surface area (Å²) in [5.74, 6) is 0.643. The molecule has 1 fully saturated rings. The van der Waals surface area contributed by atoms with Crippen LogP contribution in [0.1, 0.15) is 30.4 Å². The zero-order valence-electron chi connectivity index (χ0n) is 17.0. The third-order valence-electron chi connectivity index (χ3n) is 5.68. The summed E-state index contributed by atoms with van der Waals surface area (Å²) in [5, 5.41) is 0. The van der Waals surface area contributed by atoms with Crippen molar-refractivity contribution in [1.29, 1.82) is 0 Å². The van der Waals surface area contributed by atoms with Gasteiger partial charge in [-0.15, -0.1) is 0 Å². The van der Waals surface area contributed by atoms with Crippen molar-refractivity contribution in [1.82, 2.24) is 9.55 Å². The Morgan fingerprint density at radius 3 is 2.21 bits per heavy atom. The number of nitrogens with zero attached hydrogens (tertiary/aromatic N) is 2. The predicted molar refractivity (Wildman–Crippen MR) is 117 cm³/mol. The highest BCUT2D eigenvalue weighted by Crippen LogP contribution is 2.28. The van der Waals surface area contributed by atoms with Crippen LogP contribution in [0.3, 0.4) is 0 Å². The average molecular weight is 387 g/mol. The molecule has 1 aliphatic heterocycles. The Bertz CT molecular complexity index is 823. The van der Waals surface area contributed by atoms with Crippen LogP contribution in [-0.2, 0) is 16.0 Å². The van der Waals surface area contributed by atoms with Crippen LogP contribution in [0.15, 0.2) is 73.1 Å². The van der Waals surface area contributed by atoms with Gasteiger partial charge in [0.2, 0.25) is 7.28 Å². The molecule has 149 valence electrons. The van der Waals surface area contributed by atoms with Gasteiger partial charge in [0, 0.05) is 30.8 Å². The minimum atomic E-state index is -0.100. The van der Waals surface area contributed by atoms with Crippen molar-refractivity contribution in [2.45, 2.75) is 38.4 Å². The van der Waals surface area contributed by atoms with E-state index in [1.165, 1.54) is 11.1 Å². The van der Waals surface area contributed by atoms with Gasteiger partial charge >= 0.3 is 0 Å². The summed E-state index contributed by atoms with van der Waals surface area (Å²) in [6.45, 7) is 4.44. The number of hydrogen-bond acceptors (Lipinski definition) is 3. The Morgan fingerprint density at radius 2 is 1.62 bits per heavy atom. The second-order valence-corrected chi connectivity index (χ2v) is 7.53. The van der Waals surface area contributed by atoms with Crippen LogP contribution >= 0.6 is 0 Å². The van der Waals surface area contributed by atoms with Crippen LogP contribution in [0.2, 0.25) is 6.32 Å². The van der Waals surface area contributed by atoms with Gasteiger partial charge < -0.3 is 14.0 Å². The monoisotopic (exact) mass is 387 g/mol. The summed E-state index contributed by atoms with van der Waals surface area (Å²) in [5.41, 5.74) is 3.66. The van der Waals surface area contributed by atoms with Crippen LogP contribution in [0, 0.1) is 5.92 Å². The first-order valence-electron chi connectivity index (χ1n) is 10.5. The largest absolute Gasteiger partial charge is 0.350 e. The molecule has 0 aliphatic carbocycles. The first-order chi connectivity index (χ1) is 14.3. The standard InChI is InChI=1S/C24H28BN2O2/c1-2-19(23-28-15-16-29-23)18-27-14-13-26-24(27)25-17-22(20-9-5-3-6-10-20)21-11-7-4-8-12-21/h3-14,19,22-23H,2,15-18H2,1H3. The quantitative estimate of drug-likeness (QED) is 0.523. The minimum Gasteiger partial charge on any atom is -0.350 e. The lowest BCUT2D eigenvalue weighted by Gasteiger charge is -2.22. The Balaban J connectivity index is 1.48. The summed E-state index contributed by atoms with van der Waals surface area (Å²) >= 11 is 0. The molecule has 4 rings (SSSR count). The summed E-state index contributed by atoms with van der Waals surface area (Å²) in [6, 6.07) is 21.4. The normalized spacial score (nSPS) is 15.7. The molecule has 0 saturated carbocycles. The van der Waals surface area contributed by atoms with E-state index < -0.39 is 0 Å². The van der Waals surface area contributed by atoms with Crippen LogP contribution in [0.5, 0.6) is 0 Å². The van der Waals surface area contributed by atoms with Gasteiger partial charge in [-0.1, -0.05) is 73.9 Å². The highest BCUT2D eigenvalue weighted by molar-refractivity contribution is 6.51. The summed E-state index contributed by atoms with van der Waals surface area (Å²) in [6.07, 6.45) is 5.76. The van der Waals surface area contributed by atoms with Crippen LogP contribution in [0.4, 0.5) is 0 Å². The number of ether oxygens (including phenoxy) is 2. The van der Waals surface area contributed by atoms with Gasteiger partial charge in [-0.2, -0.15) is 0 Å². The highest BCUT2D eigenvalue weighted by atomic mass is 16.7. The lowest BCUT2D eigenvalue weighted by molar-refractivity contribution is -0.0882. The van der Waals surface area contributed by atoms with E-state index in [-0.39, 0.29) is 6.29 Å². The summed E-state index contributed by atoms with van der Waals surface area (Å²) < 4.78 is 13.7. The molecule has 3 aromatic rings. The van der Waals surface area contributed by atoms with Crippen LogP contribution in [-0.4, -0.2) is 36.3 Å². The molecule has 1 aromatic heterocycles. The summed E-state index contributed by atoms with van der Waals surface area (Å²) in [4.78, 5) is 4.62. The Hall–Kier alpha value is -2.37. The van der Waals surface area contributed by atoms with Crippen molar-refractivity contribution in [2.24, 2.45) is 5.92 Å². The fraction of sp³-hybridized carbons (Fsp3) is 0.375. The molecule has 1 radical (unpaired) electrons. The molecular formula is C24H28BN2O2. The second kappa shape index (κ2) is 9.90. The molecule has 5 heteroatoms. The molecule has 0 bridgehead atoms. The Labute approximate surface area is 174 Å². The number of benzene rings is 2. The molecule has 29 heavy (non-hydrogen) atoms. The van der Waals surface area contributed by atoms with Crippen molar-refractivity contribution in [2.75, 3.05) is 13.2 Å². The van der Waals surface area contributed by atoms with Gasteiger partial charge in [-0.25, -0.2) is 0 Å². The predicted octanol–water partition coefficient (Wildman–Crippen LogP) is 3.86. The molecule has 0 amide bonds. The molecular weight excluding hydrogens is 359 g/mol. The SMILES string of the molecule is CCC(Cn1ccnc1[B]CC(c1ccccc1)c1ccccc1)C1OCCO1. The van der Waals surface area contributed by atoms with Gasteiger partial charge in [0.15, 0.2) is 6.29 Å². The van der Waals surface area contributed by atoms with E-state index >= 15 is 0 Å². The molecule has 1 atom stereocenters. The van der Waals surface area contributed by atoms with E-state index in [1.807, 2.05) is 6.20 Å². The maximum atomic E-state index is 5.74. The highest BCUT2D eigenvalue weighted by Gasteiger charge is 2.26. The first-order valence-corrected chi connectivity index (χ1v) is 10.5. The zero-order valence-corrected chi connectivity index (χ0v) is 17.0. The van der Waals surface area contributed by atoms with E-state index in [2.05, 4.69) is 90.6 Å². The van der Waals surface area contributed by atoms with E-state index in [9.17, 15) is 0 Å². The smallest absolute Gasteiger partial charge is 0.202 e. The van der Waals surface area contributed by atoms with Gasteiger partial charge in [0.25, 0.3) is 0 Å². The van der Waals surface area contributed by atoms with Crippen molar-refractivity contribution in [3.63, 3.8) is 0 Å². The molecule has 4 nitrogen and oxygen atoms in total. The summed E-state index contributed by atoms with van der Waals surface area (Å²) in [7, 11) is 2.26. The minimum absolute atomic E-state index is 0.100. The van der Waals surface area contributed by atoms with Gasteiger partial charge in [-0.05, 0) is 17.5 Å². The van der Waals surface area contributed by atoms with E-state index in [0.29, 0.717) is 25.0 Å². The van der Waals surface area contributed by atoms with Crippen molar-refractivity contribution in [3.8, 4) is 0 Å². The van der Waals surface area contributed by atoms with Crippen molar-refractivity contribution < 1.29 is 9.47 Å². The average Bonchev–Trinajstić information content (AvgIpc) is 3.46. The van der Waals surface area contributed by atoms with Crippen molar-refractivity contribution in [3.05, 3.63) is 84.2 Å². The lowest BCUT2D eigenvalue weighted by atomic mass is 9.65. The van der Waals surface area contributed by atoms with E-state index in [1.54, 1.807) is 0 Å². The molecule has 0 spiro atoms. The lowest BCUT2D eigenvalue weighted by Crippen LogP contribution is -2.33. The Morgan fingerprint density at radius 1 is 1.00 bits per heavy atom. The fourth-order valence-corrected chi connectivity index (χ4v) is 4.03. The number of aromatic nitrogens is 2. The topological polar surface area (TPSA) is 36.3 Å². The molecule has 1 saturated heterocycles. The number of hydrogen-bond donors (Lipinski definition) is 0. The Kier molecular flexibility index (Phi) is 6.81. The number of imidazole rings is 1. The number of rotatable bonds is 9. The third kappa shape index (κ3) is 4.98. The molecule has 1 aliphatic rings. The van der Waals surface area contributed by atoms with Crippen LogP contribution in [0.25, 0.3) is 0 Å². The van der Waals surface area contributed by atoms with Gasteiger partial charge in [-0.3, -0.25) is 4.98 Å². The zero-order chi connectivity index (χ0) is 19.9. The van der Waals surface area contributed by atoms with E-state index in [4.69, 9.17) is 9.47 Å².